The number of aryl methyl sites for hydroxylation is 2. The highest BCUT2D eigenvalue weighted by molar-refractivity contribution is 5.91. The Morgan fingerprint density at radius 1 is 1.00 bits per heavy atom. The zero-order chi connectivity index (χ0) is 11.1. The van der Waals surface area contributed by atoms with Gasteiger partial charge in [-0.1, -0.05) is 23.3 Å². The van der Waals surface area contributed by atoms with Gasteiger partial charge in [0.25, 0.3) is 0 Å². The van der Waals surface area contributed by atoms with E-state index < -0.39 is 0 Å². The topological polar surface area (TPSA) is 29.9 Å². The van der Waals surface area contributed by atoms with Gasteiger partial charge in [0, 0.05) is 6.92 Å². The first-order chi connectivity index (χ1) is 7.75. The molecule has 2 heterocycles. The van der Waals surface area contributed by atoms with E-state index in [9.17, 15) is 0 Å². The second kappa shape index (κ2) is 3.23. The van der Waals surface area contributed by atoms with Crippen LogP contribution in [-0.4, -0.2) is 10.1 Å². The first-order valence-electron chi connectivity index (χ1n) is 5.30. The van der Waals surface area contributed by atoms with E-state index >= 15 is 0 Å². The van der Waals surface area contributed by atoms with E-state index in [1.165, 1.54) is 5.39 Å². The van der Waals surface area contributed by atoms with Crippen molar-refractivity contribution < 1.29 is 4.52 Å². The average molecular weight is 210 g/mol. The number of hydrogen-bond donors (Lipinski definition) is 0. The lowest BCUT2D eigenvalue weighted by Gasteiger charge is -1.98. The third kappa shape index (κ3) is 1.25. The quantitative estimate of drug-likeness (QED) is 0.419. The van der Waals surface area contributed by atoms with Crippen LogP contribution in [0.25, 0.3) is 16.4 Å². The molecule has 0 aliphatic carbocycles. The summed E-state index contributed by atoms with van der Waals surface area (Å²) in [5.74, 6) is 0. The Hall–Kier alpha value is -2.03. The number of rotatable bonds is 0. The molecule has 0 aliphatic rings. The van der Waals surface area contributed by atoms with E-state index in [1.54, 1.807) is 0 Å². The summed E-state index contributed by atoms with van der Waals surface area (Å²) in [5, 5.41) is 6.81. The van der Waals surface area contributed by atoms with Crippen molar-refractivity contribution in [1.29, 1.82) is 0 Å². The Labute approximate surface area is 93.4 Å². The number of pyridine rings is 1. The molecule has 0 amide bonds. The van der Waals surface area contributed by atoms with Crippen molar-refractivity contribution in [2.75, 3.05) is 0 Å². The molecular weight excluding hydrogens is 198 g/mol. The van der Waals surface area contributed by atoms with Gasteiger partial charge < -0.3 is 0 Å². The molecule has 3 nitrogen and oxygen atoms in total. The predicted octanol–water partition coefficient (Wildman–Crippen LogP) is 1.99. The summed E-state index contributed by atoms with van der Waals surface area (Å²) in [4.78, 5) is 4.60. The van der Waals surface area contributed by atoms with Gasteiger partial charge in [0.2, 0.25) is 0 Å². The fourth-order valence-corrected chi connectivity index (χ4v) is 1.86. The second-order valence-electron chi connectivity index (χ2n) is 3.95. The third-order valence-electron chi connectivity index (χ3n) is 2.87. The van der Waals surface area contributed by atoms with E-state index in [0.717, 1.165) is 22.4 Å². The van der Waals surface area contributed by atoms with Crippen LogP contribution in [0.3, 0.4) is 0 Å². The summed E-state index contributed by atoms with van der Waals surface area (Å²) in [6, 6.07) is 10.3. The predicted molar refractivity (Wildman–Crippen MR) is 62.2 cm³/mol. The minimum atomic E-state index is 0.918. The minimum absolute atomic E-state index is 0.918. The standard InChI is InChI=1S/C13H12N3/c1-9-10(2)15-16-8-7-11-5-3-4-6-12(11)13(16)14-9/h3-8H,1-2H3/q+1. The molecule has 0 atom stereocenters. The molecule has 0 radical (unpaired) electrons. The Bertz CT molecular complexity index is 689. The SMILES string of the molecule is Cc1nc2c3ccccc3cc[n+]2nc1C. The van der Waals surface area contributed by atoms with Crippen LogP contribution < -0.4 is 4.52 Å². The van der Waals surface area contributed by atoms with Crippen molar-refractivity contribution in [3.05, 3.63) is 47.9 Å². The van der Waals surface area contributed by atoms with Gasteiger partial charge in [-0.25, -0.2) is 0 Å². The molecule has 2 aromatic heterocycles. The van der Waals surface area contributed by atoms with Gasteiger partial charge in [-0.15, -0.1) is 4.52 Å². The van der Waals surface area contributed by atoms with Crippen molar-refractivity contribution in [3.8, 4) is 0 Å². The first kappa shape index (κ1) is 9.21. The first-order valence-corrected chi connectivity index (χ1v) is 5.30. The summed E-state index contributed by atoms with van der Waals surface area (Å²) < 4.78 is 1.84. The maximum atomic E-state index is 4.60. The summed E-state index contributed by atoms with van der Waals surface area (Å²) in [5.41, 5.74) is 2.87. The zero-order valence-corrected chi connectivity index (χ0v) is 9.31. The summed E-state index contributed by atoms with van der Waals surface area (Å²) in [7, 11) is 0. The van der Waals surface area contributed by atoms with E-state index in [0.29, 0.717) is 0 Å². The Kier molecular flexibility index (Phi) is 1.86. The second-order valence-corrected chi connectivity index (χ2v) is 3.95. The van der Waals surface area contributed by atoms with Crippen molar-refractivity contribution in [2.45, 2.75) is 13.8 Å². The van der Waals surface area contributed by atoms with Crippen molar-refractivity contribution in [3.63, 3.8) is 0 Å². The number of aromatic nitrogens is 3. The van der Waals surface area contributed by atoms with Gasteiger partial charge in [-0.3, -0.25) is 0 Å². The molecule has 0 spiro atoms. The molecule has 0 saturated carbocycles. The fourth-order valence-electron chi connectivity index (χ4n) is 1.86. The van der Waals surface area contributed by atoms with Gasteiger partial charge in [0.15, 0.2) is 5.69 Å². The lowest BCUT2D eigenvalue weighted by atomic mass is 10.2. The van der Waals surface area contributed by atoms with Crippen molar-refractivity contribution in [1.82, 2.24) is 10.1 Å². The highest BCUT2D eigenvalue weighted by atomic mass is 15.2. The Balaban J connectivity index is 2.55. The monoisotopic (exact) mass is 210 g/mol. The molecule has 0 N–H and O–H groups in total. The van der Waals surface area contributed by atoms with Gasteiger partial charge in [0.05, 0.1) is 5.39 Å². The highest BCUT2D eigenvalue weighted by Gasteiger charge is 2.13. The molecule has 3 aromatic rings. The van der Waals surface area contributed by atoms with Crippen molar-refractivity contribution in [2.24, 2.45) is 0 Å². The van der Waals surface area contributed by atoms with Crippen LogP contribution >= 0.6 is 0 Å². The van der Waals surface area contributed by atoms with Crippen molar-refractivity contribution >= 4 is 16.4 Å². The van der Waals surface area contributed by atoms with E-state index in [-0.39, 0.29) is 0 Å². The molecule has 0 aliphatic heterocycles. The van der Waals surface area contributed by atoms with E-state index in [2.05, 4.69) is 28.3 Å². The van der Waals surface area contributed by atoms with Crippen LogP contribution in [-0.2, 0) is 0 Å². The maximum absolute atomic E-state index is 4.60. The van der Waals surface area contributed by atoms with Crippen LogP contribution in [0.2, 0.25) is 0 Å². The number of fused-ring (bicyclic) bond motifs is 3. The van der Waals surface area contributed by atoms with Gasteiger partial charge >= 0.3 is 5.65 Å². The molecule has 1 aromatic carbocycles. The molecule has 3 rings (SSSR count). The molecule has 0 unspecified atom stereocenters. The number of nitrogens with zero attached hydrogens (tertiary/aromatic N) is 3. The van der Waals surface area contributed by atoms with Crippen LogP contribution in [0.1, 0.15) is 11.4 Å². The normalized spacial score (nSPS) is 11.1. The fraction of sp³-hybridized carbons (Fsp3) is 0.154. The summed E-state index contributed by atoms with van der Waals surface area (Å²) >= 11 is 0. The van der Waals surface area contributed by atoms with Crippen LogP contribution in [0.15, 0.2) is 36.5 Å². The van der Waals surface area contributed by atoms with Crippen LogP contribution in [0, 0.1) is 13.8 Å². The number of benzene rings is 1. The zero-order valence-electron chi connectivity index (χ0n) is 9.31. The smallest absolute Gasteiger partial charge is 0.101 e. The van der Waals surface area contributed by atoms with E-state index in [1.807, 2.05) is 36.7 Å². The average Bonchev–Trinajstić information content (AvgIpc) is 2.31. The molecular formula is C13H12N3+. The lowest BCUT2D eigenvalue weighted by molar-refractivity contribution is -0.583. The maximum Gasteiger partial charge on any atom is 0.356 e. The summed E-state index contributed by atoms with van der Waals surface area (Å²) in [6.07, 6.45) is 1.96. The molecule has 16 heavy (non-hydrogen) atoms. The van der Waals surface area contributed by atoms with Gasteiger partial charge in [-0.2, -0.15) is 0 Å². The molecule has 0 bridgehead atoms. The van der Waals surface area contributed by atoms with Gasteiger partial charge in [-0.05, 0) is 29.4 Å². The Morgan fingerprint density at radius 2 is 1.81 bits per heavy atom. The summed E-state index contributed by atoms with van der Waals surface area (Å²) in [6.45, 7) is 3.97. The van der Waals surface area contributed by atoms with Crippen LogP contribution in [0.4, 0.5) is 0 Å². The third-order valence-corrected chi connectivity index (χ3v) is 2.87. The number of hydrogen-bond acceptors (Lipinski definition) is 2. The lowest BCUT2D eigenvalue weighted by Crippen LogP contribution is -2.29. The molecule has 0 fully saturated rings. The molecule has 0 saturated heterocycles. The van der Waals surface area contributed by atoms with Crippen LogP contribution in [0.5, 0.6) is 0 Å². The molecule has 78 valence electrons. The van der Waals surface area contributed by atoms with Gasteiger partial charge in [0.1, 0.15) is 11.9 Å². The van der Waals surface area contributed by atoms with E-state index in [4.69, 9.17) is 0 Å². The minimum Gasteiger partial charge on any atom is -0.101 e. The Morgan fingerprint density at radius 3 is 2.69 bits per heavy atom. The molecule has 3 heteroatoms. The highest BCUT2D eigenvalue weighted by Crippen LogP contribution is 2.14. The largest absolute Gasteiger partial charge is 0.356 e.